The molecule has 25 heavy (non-hydrogen) atoms. The third-order valence-corrected chi connectivity index (χ3v) is 4.45. The Labute approximate surface area is 183 Å². The zero-order valence-electron chi connectivity index (χ0n) is 16.4. The zero-order chi connectivity index (χ0) is 16.4. The smallest absolute Gasteiger partial charge is 1.00 e. The topological polar surface area (TPSA) is 9.23 Å². The predicted molar refractivity (Wildman–Crippen MR) is 107 cm³/mol. The largest absolute Gasteiger partial charge is 2.00 e. The molecule has 0 N–H and O–H groups in total. The minimum Gasteiger partial charge on any atom is -1.00 e. The van der Waals surface area contributed by atoms with Crippen LogP contribution in [-0.4, -0.2) is 29.7 Å². The average molecular weight is 422 g/mol. The molecule has 0 spiro atoms. The van der Waals surface area contributed by atoms with Crippen molar-refractivity contribution in [2.24, 2.45) is 0 Å². The van der Waals surface area contributed by atoms with Crippen molar-refractivity contribution in [2.75, 3.05) is 6.61 Å². The van der Waals surface area contributed by atoms with Crippen molar-refractivity contribution in [1.29, 1.82) is 0 Å². The SMILES string of the molecule is CCCCCCCCCCCCCCCCOc1cc[c-]cc1.[Br-].[Mg+2]. The normalized spacial score (nSPS) is 9.96. The van der Waals surface area contributed by atoms with Gasteiger partial charge in [0.15, 0.2) is 0 Å². The molecule has 1 aromatic rings. The van der Waals surface area contributed by atoms with Crippen LogP contribution in [0.15, 0.2) is 24.3 Å². The average Bonchev–Trinajstić information content (AvgIpc) is 2.59. The fraction of sp³-hybridized carbons (Fsp3) is 0.727. The first-order valence-electron chi connectivity index (χ1n) is 10.0. The summed E-state index contributed by atoms with van der Waals surface area (Å²) in [5.74, 6) is 0.971. The van der Waals surface area contributed by atoms with Crippen LogP contribution in [0.3, 0.4) is 0 Å². The van der Waals surface area contributed by atoms with Crippen molar-refractivity contribution in [3.8, 4) is 5.75 Å². The molecule has 3 heteroatoms. The first-order chi connectivity index (χ1) is 11.4. The second-order valence-electron chi connectivity index (χ2n) is 6.68. The molecule has 1 aromatic carbocycles. The van der Waals surface area contributed by atoms with Crippen LogP contribution in [0, 0.1) is 6.07 Å². The van der Waals surface area contributed by atoms with E-state index in [4.69, 9.17) is 4.74 Å². The monoisotopic (exact) mass is 420 g/mol. The molecule has 0 radical (unpaired) electrons. The van der Waals surface area contributed by atoms with E-state index in [1.807, 2.05) is 24.3 Å². The first-order valence-corrected chi connectivity index (χ1v) is 10.0. The van der Waals surface area contributed by atoms with Crippen LogP contribution in [0.2, 0.25) is 0 Å². The number of hydrogen-bond acceptors (Lipinski definition) is 1. The standard InChI is InChI=1S/C22H37O.BrH.Mg/c1-2-3-4-5-6-7-8-9-10-11-12-13-14-18-21-23-22-19-16-15-17-20-22;;/h16-17,19-20H,2-14,18,21H2,1H3;1H;/q-1;;+2/p-1. The summed E-state index contributed by atoms with van der Waals surface area (Å²) < 4.78 is 5.69. The Morgan fingerprint density at radius 3 is 1.52 bits per heavy atom. The number of hydrogen-bond donors (Lipinski definition) is 0. The van der Waals surface area contributed by atoms with Crippen LogP contribution in [0.1, 0.15) is 96.8 Å². The summed E-state index contributed by atoms with van der Waals surface area (Å²) in [5, 5.41) is 0. The van der Waals surface area contributed by atoms with Gasteiger partial charge in [0.05, 0.1) is 6.61 Å². The Morgan fingerprint density at radius 2 is 1.08 bits per heavy atom. The van der Waals surface area contributed by atoms with Gasteiger partial charge in [-0.3, -0.25) is 0 Å². The summed E-state index contributed by atoms with van der Waals surface area (Å²) in [4.78, 5) is 0. The van der Waals surface area contributed by atoms with E-state index < -0.39 is 0 Å². The van der Waals surface area contributed by atoms with Gasteiger partial charge in [-0.25, -0.2) is 0 Å². The molecular formula is C22H37BrMgO. The van der Waals surface area contributed by atoms with Gasteiger partial charge in [0.25, 0.3) is 0 Å². The summed E-state index contributed by atoms with van der Waals surface area (Å²) in [6.07, 6.45) is 19.6. The maximum Gasteiger partial charge on any atom is 2.00 e. The number of unbranched alkanes of at least 4 members (excludes halogenated alkanes) is 13. The molecular weight excluding hydrogens is 384 g/mol. The van der Waals surface area contributed by atoms with Crippen LogP contribution in [0.25, 0.3) is 0 Å². The molecule has 0 amide bonds. The predicted octanol–water partition coefficient (Wildman–Crippen LogP) is 3.97. The summed E-state index contributed by atoms with van der Waals surface area (Å²) >= 11 is 0. The minimum atomic E-state index is 0. The Bertz CT molecular complexity index is 345. The van der Waals surface area contributed by atoms with E-state index in [0.29, 0.717) is 0 Å². The summed E-state index contributed by atoms with van der Waals surface area (Å²) in [6, 6.07) is 10.8. The molecule has 0 heterocycles. The van der Waals surface area contributed by atoms with Crippen molar-refractivity contribution in [2.45, 2.75) is 96.8 Å². The van der Waals surface area contributed by atoms with E-state index in [1.165, 1.54) is 89.9 Å². The van der Waals surface area contributed by atoms with Crippen molar-refractivity contribution >= 4 is 23.1 Å². The molecule has 0 bridgehead atoms. The molecule has 0 fully saturated rings. The van der Waals surface area contributed by atoms with E-state index in [9.17, 15) is 0 Å². The molecule has 0 aliphatic heterocycles. The Kier molecular flexibility index (Phi) is 24.5. The van der Waals surface area contributed by atoms with Gasteiger partial charge in [-0.05, 0) is 6.42 Å². The summed E-state index contributed by atoms with van der Waals surface area (Å²) in [7, 11) is 0. The van der Waals surface area contributed by atoms with Gasteiger partial charge >= 0.3 is 23.1 Å². The van der Waals surface area contributed by atoms with Crippen molar-refractivity contribution in [3.63, 3.8) is 0 Å². The molecule has 140 valence electrons. The fourth-order valence-electron chi connectivity index (χ4n) is 2.95. The third kappa shape index (κ3) is 18.8. The van der Waals surface area contributed by atoms with E-state index in [-0.39, 0.29) is 40.0 Å². The minimum absolute atomic E-state index is 0. The summed E-state index contributed by atoms with van der Waals surface area (Å²) in [6.45, 7) is 3.14. The molecule has 1 rings (SSSR count). The van der Waals surface area contributed by atoms with Crippen molar-refractivity contribution in [1.82, 2.24) is 0 Å². The number of halogens is 1. The molecule has 0 aliphatic carbocycles. The van der Waals surface area contributed by atoms with Gasteiger partial charge < -0.3 is 21.7 Å². The van der Waals surface area contributed by atoms with E-state index in [0.717, 1.165) is 12.4 Å². The van der Waals surface area contributed by atoms with Crippen molar-refractivity contribution in [3.05, 3.63) is 30.3 Å². The fourth-order valence-corrected chi connectivity index (χ4v) is 2.95. The van der Waals surface area contributed by atoms with Gasteiger partial charge in [-0.15, -0.1) is 12.1 Å². The maximum absolute atomic E-state index is 5.69. The number of ether oxygens (including phenoxy) is 1. The van der Waals surface area contributed by atoms with E-state index in [2.05, 4.69) is 13.0 Å². The Balaban J connectivity index is 0. The maximum atomic E-state index is 5.69. The number of rotatable bonds is 16. The quantitative estimate of drug-likeness (QED) is 0.223. The Hall–Kier alpha value is 0.266. The van der Waals surface area contributed by atoms with E-state index in [1.54, 1.807) is 0 Å². The second-order valence-corrected chi connectivity index (χ2v) is 6.68. The molecule has 0 atom stereocenters. The van der Waals surface area contributed by atoms with Crippen LogP contribution in [0.4, 0.5) is 0 Å². The zero-order valence-corrected chi connectivity index (χ0v) is 19.4. The van der Waals surface area contributed by atoms with Gasteiger partial charge in [-0.2, -0.15) is 18.2 Å². The Morgan fingerprint density at radius 1 is 0.680 bits per heavy atom. The molecule has 0 unspecified atom stereocenters. The van der Waals surface area contributed by atoms with Crippen LogP contribution in [-0.2, 0) is 0 Å². The molecule has 0 aliphatic rings. The second kappa shape index (κ2) is 22.3. The van der Waals surface area contributed by atoms with Crippen LogP contribution in [0.5, 0.6) is 5.75 Å². The van der Waals surface area contributed by atoms with Gasteiger partial charge in [0.1, 0.15) is 0 Å². The number of benzene rings is 1. The van der Waals surface area contributed by atoms with Gasteiger partial charge in [-0.1, -0.05) is 90.4 Å². The van der Waals surface area contributed by atoms with Gasteiger partial charge in [0.2, 0.25) is 0 Å². The van der Waals surface area contributed by atoms with Crippen LogP contribution >= 0.6 is 0 Å². The molecule has 0 saturated heterocycles. The first kappa shape index (κ1) is 27.5. The van der Waals surface area contributed by atoms with E-state index >= 15 is 0 Å². The van der Waals surface area contributed by atoms with Gasteiger partial charge in [0, 0.05) is 5.75 Å². The van der Waals surface area contributed by atoms with Crippen LogP contribution < -0.4 is 21.7 Å². The third-order valence-electron chi connectivity index (χ3n) is 4.45. The summed E-state index contributed by atoms with van der Waals surface area (Å²) in [5.41, 5.74) is 0. The molecule has 1 nitrogen and oxygen atoms in total. The molecule has 0 saturated carbocycles. The molecule has 0 aromatic heterocycles. The van der Waals surface area contributed by atoms with Crippen molar-refractivity contribution < 1.29 is 21.7 Å².